The molecular formula is C15H13ClN2O. The predicted molar refractivity (Wildman–Crippen MR) is 77.5 cm³/mol. The quantitative estimate of drug-likeness (QED) is 0.723. The normalized spacial score (nSPS) is 12.5. The highest BCUT2D eigenvalue weighted by atomic mass is 35.5. The summed E-state index contributed by atoms with van der Waals surface area (Å²) < 4.78 is 5.57. The van der Waals surface area contributed by atoms with Gasteiger partial charge in [0.05, 0.1) is 5.38 Å². The number of benzene rings is 2. The lowest BCUT2D eigenvalue weighted by atomic mass is 10.1. The zero-order valence-electron chi connectivity index (χ0n) is 10.2. The monoisotopic (exact) mass is 272 g/mol. The van der Waals surface area contributed by atoms with Gasteiger partial charge in [0.25, 0.3) is 6.01 Å². The fourth-order valence-electron chi connectivity index (χ4n) is 1.90. The van der Waals surface area contributed by atoms with Crippen LogP contribution in [0, 0.1) is 0 Å². The lowest BCUT2D eigenvalue weighted by molar-refractivity contribution is 0.614. The van der Waals surface area contributed by atoms with Crippen LogP contribution in [0.5, 0.6) is 0 Å². The van der Waals surface area contributed by atoms with Gasteiger partial charge >= 0.3 is 0 Å². The molecule has 3 nitrogen and oxygen atoms in total. The Labute approximate surface area is 116 Å². The first-order valence-electron chi connectivity index (χ1n) is 6.11. The number of hydrogen-bond acceptors (Lipinski definition) is 3. The minimum atomic E-state index is -0.115. The Morgan fingerprint density at radius 2 is 1.79 bits per heavy atom. The second-order valence-electron chi connectivity index (χ2n) is 4.25. The van der Waals surface area contributed by atoms with E-state index in [1.165, 1.54) is 0 Å². The molecule has 0 fully saturated rings. The van der Waals surface area contributed by atoms with E-state index in [0.29, 0.717) is 12.6 Å². The maximum atomic E-state index is 6.32. The second kappa shape index (κ2) is 5.33. The molecule has 3 rings (SSSR count). The molecule has 1 atom stereocenters. The summed E-state index contributed by atoms with van der Waals surface area (Å²) in [5.74, 6) is 0. The number of rotatable bonds is 4. The molecule has 0 saturated carbocycles. The lowest BCUT2D eigenvalue weighted by Crippen LogP contribution is -2.08. The van der Waals surface area contributed by atoms with E-state index >= 15 is 0 Å². The molecule has 0 spiro atoms. The van der Waals surface area contributed by atoms with Crippen molar-refractivity contribution < 1.29 is 4.42 Å². The summed E-state index contributed by atoms with van der Waals surface area (Å²) in [6.07, 6.45) is 0. The minimum Gasteiger partial charge on any atom is -0.424 e. The van der Waals surface area contributed by atoms with Crippen LogP contribution in [0.3, 0.4) is 0 Å². The minimum absolute atomic E-state index is 0.115. The smallest absolute Gasteiger partial charge is 0.295 e. The van der Waals surface area contributed by atoms with E-state index < -0.39 is 0 Å². The molecule has 0 amide bonds. The molecule has 1 unspecified atom stereocenters. The molecule has 1 heterocycles. The third-order valence-corrected chi connectivity index (χ3v) is 3.29. The van der Waals surface area contributed by atoms with Crippen molar-refractivity contribution in [3.63, 3.8) is 0 Å². The number of nitrogens with zero attached hydrogens (tertiary/aromatic N) is 1. The van der Waals surface area contributed by atoms with Gasteiger partial charge < -0.3 is 9.73 Å². The highest BCUT2D eigenvalue weighted by Crippen LogP contribution is 2.22. The predicted octanol–water partition coefficient (Wildman–Crippen LogP) is 4.22. The average Bonchev–Trinajstić information content (AvgIpc) is 2.88. The highest BCUT2D eigenvalue weighted by Gasteiger charge is 2.09. The largest absolute Gasteiger partial charge is 0.424 e. The Balaban J connectivity index is 1.69. The van der Waals surface area contributed by atoms with Crippen molar-refractivity contribution in [1.82, 2.24) is 4.98 Å². The van der Waals surface area contributed by atoms with Crippen LogP contribution in [-0.4, -0.2) is 11.5 Å². The molecule has 19 heavy (non-hydrogen) atoms. The molecule has 96 valence electrons. The van der Waals surface area contributed by atoms with Gasteiger partial charge in [-0.05, 0) is 17.7 Å². The van der Waals surface area contributed by atoms with Crippen LogP contribution in [0.25, 0.3) is 11.1 Å². The molecule has 0 aliphatic carbocycles. The number of aromatic nitrogens is 1. The molecule has 3 aromatic rings. The van der Waals surface area contributed by atoms with Crippen LogP contribution >= 0.6 is 11.6 Å². The van der Waals surface area contributed by atoms with Gasteiger partial charge in [-0.2, -0.15) is 4.98 Å². The van der Waals surface area contributed by atoms with E-state index in [4.69, 9.17) is 16.0 Å². The van der Waals surface area contributed by atoms with Gasteiger partial charge in [0.15, 0.2) is 5.58 Å². The Morgan fingerprint density at radius 3 is 2.58 bits per heavy atom. The zero-order valence-corrected chi connectivity index (χ0v) is 11.0. The topological polar surface area (TPSA) is 38.1 Å². The number of alkyl halides is 1. The Bertz CT molecular complexity index is 633. The molecular weight excluding hydrogens is 260 g/mol. The number of oxazole rings is 1. The first kappa shape index (κ1) is 12.1. The first-order valence-corrected chi connectivity index (χ1v) is 6.55. The first-order chi connectivity index (χ1) is 9.33. The van der Waals surface area contributed by atoms with E-state index in [1.54, 1.807) is 0 Å². The number of nitrogens with one attached hydrogen (secondary N) is 1. The molecule has 0 saturated heterocycles. The van der Waals surface area contributed by atoms with E-state index in [1.807, 2.05) is 54.6 Å². The molecule has 1 N–H and O–H groups in total. The van der Waals surface area contributed by atoms with Gasteiger partial charge in [-0.1, -0.05) is 42.5 Å². The highest BCUT2D eigenvalue weighted by molar-refractivity contribution is 6.21. The molecule has 0 radical (unpaired) electrons. The summed E-state index contributed by atoms with van der Waals surface area (Å²) in [4.78, 5) is 4.34. The summed E-state index contributed by atoms with van der Waals surface area (Å²) in [5.41, 5.74) is 2.69. The molecule has 0 aliphatic rings. The SMILES string of the molecule is ClC(CNc1nc2ccccc2o1)c1ccccc1. The van der Waals surface area contributed by atoms with Gasteiger partial charge in [0.1, 0.15) is 5.52 Å². The van der Waals surface area contributed by atoms with Crippen molar-refractivity contribution >= 4 is 28.7 Å². The lowest BCUT2D eigenvalue weighted by Gasteiger charge is -2.09. The third-order valence-electron chi connectivity index (χ3n) is 2.89. The Hall–Kier alpha value is -2.00. The van der Waals surface area contributed by atoms with E-state index in [9.17, 15) is 0 Å². The number of fused-ring (bicyclic) bond motifs is 1. The number of para-hydroxylation sites is 2. The van der Waals surface area contributed by atoms with Crippen LogP contribution in [0.1, 0.15) is 10.9 Å². The van der Waals surface area contributed by atoms with Crippen LogP contribution < -0.4 is 5.32 Å². The van der Waals surface area contributed by atoms with Gasteiger partial charge in [-0.3, -0.25) is 0 Å². The summed E-state index contributed by atoms with van der Waals surface area (Å²) in [7, 11) is 0. The van der Waals surface area contributed by atoms with E-state index in [-0.39, 0.29) is 5.38 Å². The zero-order chi connectivity index (χ0) is 13.1. The van der Waals surface area contributed by atoms with Crippen molar-refractivity contribution in [1.29, 1.82) is 0 Å². The van der Waals surface area contributed by atoms with Gasteiger partial charge in [-0.15, -0.1) is 11.6 Å². The van der Waals surface area contributed by atoms with Gasteiger partial charge in [-0.25, -0.2) is 0 Å². The molecule has 0 bridgehead atoms. The fraction of sp³-hybridized carbons (Fsp3) is 0.133. The third kappa shape index (κ3) is 2.71. The van der Waals surface area contributed by atoms with Gasteiger partial charge in [0.2, 0.25) is 0 Å². The van der Waals surface area contributed by atoms with E-state index in [0.717, 1.165) is 16.7 Å². The summed E-state index contributed by atoms with van der Waals surface area (Å²) in [5, 5.41) is 3.01. The van der Waals surface area contributed by atoms with Crippen molar-refractivity contribution in [2.45, 2.75) is 5.38 Å². The molecule has 1 aromatic heterocycles. The number of halogens is 1. The molecule has 4 heteroatoms. The van der Waals surface area contributed by atoms with Crippen molar-refractivity contribution in [3.05, 3.63) is 60.2 Å². The van der Waals surface area contributed by atoms with Crippen molar-refractivity contribution in [2.24, 2.45) is 0 Å². The number of hydrogen-bond donors (Lipinski definition) is 1. The fourth-order valence-corrected chi connectivity index (χ4v) is 2.13. The van der Waals surface area contributed by atoms with Crippen LogP contribution in [0.15, 0.2) is 59.0 Å². The van der Waals surface area contributed by atoms with Crippen LogP contribution in [0.2, 0.25) is 0 Å². The van der Waals surface area contributed by atoms with Gasteiger partial charge in [0, 0.05) is 6.54 Å². The molecule has 0 aliphatic heterocycles. The summed E-state index contributed by atoms with van der Waals surface area (Å²) in [6, 6.07) is 18.1. The summed E-state index contributed by atoms with van der Waals surface area (Å²) in [6.45, 7) is 0.568. The van der Waals surface area contributed by atoms with Crippen LogP contribution in [-0.2, 0) is 0 Å². The van der Waals surface area contributed by atoms with Crippen LogP contribution in [0.4, 0.5) is 6.01 Å². The number of anilines is 1. The van der Waals surface area contributed by atoms with Crippen molar-refractivity contribution in [3.8, 4) is 0 Å². The molecule has 2 aromatic carbocycles. The van der Waals surface area contributed by atoms with Crippen molar-refractivity contribution in [2.75, 3.05) is 11.9 Å². The Morgan fingerprint density at radius 1 is 1.05 bits per heavy atom. The van der Waals surface area contributed by atoms with E-state index in [2.05, 4.69) is 10.3 Å². The summed E-state index contributed by atoms with van der Waals surface area (Å²) >= 11 is 6.32. The average molecular weight is 273 g/mol. The Kier molecular flexibility index (Phi) is 3.38. The standard InChI is InChI=1S/C15H13ClN2O/c16-12(11-6-2-1-3-7-11)10-17-15-18-13-8-4-5-9-14(13)19-15/h1-9,12H,10H2,(H,17,18). The second-order valence-corrected chi connectivity index (χ2v) is 4.77. The maximum Gasteiger partial charge on any atom is 0.295 e. The maximum absolute atomic E-state index is 6.32.